The van der Waals surface area contributed by atoms with Crippen molar-refractivity contribution in [2.45, 2.75) is 58.2 Å². The lowest BCUT2D eigenvalue weighted by atomic mass is 9.88. The third-order valence-electron chi connectivity index (χ3n) is 6.59. The maximum absolute atomic E-state index is 6.37. The summed E-state index contributed by atoms with van der Waals surface area (Å²) in [5.74, 6) is 3.73. The van der Waals surface area contributed by atoms with Crippen molar-refractivity contribution in [3.63, 3.8) is 0 Å². The number of rotatable bonds is 8. The molecule has 2 heterocycles. The predicted octanol–water partition coefficient (Wildman–Crippen LogP) is 7.35. The SMILES string of the molecule is CCCCOc1ccc(C2COc3c(ccc4c3C=CC(C)(C)O4)C2)c(OCc2ccccc2)c1. The standard InChI is InChI=1S/C31H34O4/c1-4-5-17-32-25-12-13-26(29(19-25)33-20-22-9-7-6-8-10-22)24-18-23-11-14-28-27(30(23)34-21-24)15-16-31(2,3)35-28/h6-16,19,24H,4-5,17-18,20-21H2,1-3H3. The van der Waals surface area contributed by atoms with Crippen molar-refractivity contribution < 1.29 is 18.9 Å². The molecular weight excluding hydrogens is 436 g/mol. The van der Waals surface area contributed by atoms with Crippen molar-refractivity contribution in [3.8, 4) is 23.0 Å². The van der Waals surface area contributed by atoms with Gasteiger partial charge in [0.05, 0.1) is 18.8 Å². The van der Waals surface area contributed by atoms with E-state index < -0.39 is 0 Å². The largest absolute Gasteiger partial charge is 0.493 e. The van der Waals surface area contributed by atoms with E-state index in [1.807, 2.05) is 24.3 Å². The van der Waals surface area contributed by atoms with Gasteiger partial charge in [-0.25, -0.2) is 0 Å². The molecule has 1 atom stereocenters. The lowest BCUT2D eigenvalue weighted by Gasteiger charge is -2.32. The van der Waals surface area contributed by atoms with Crippen molar-refractivity contribution in [2.24, 2.45) is 0 Å². The van der Waals surface area contributed by atoms with Crippen LogP contribution in [0.25, 0.3) is 6.08 Å². The fraction of sp³-hybridized carbons (Fsp3) is 0.355. The van der Waals surface area contributed by atoms with Crippen molar-refractivity contribution in [3.05, 3.63) is 89.0 Å². The molecule has 0 fully saturated rings. The average molecular weight is 471 g/mol. The minimum absolute atomic E-state index is 0.195. The Kier molecular flexibility index (Phi) is 6.72. The van der Waals surface area contributed by atoms with E-state index in [1.165, 1.54) is 5.56 Å². The minimum Gasteiger partial charge on any atom is -0.493 e. The Hall–Kier alpha value is -3.40. The summed E-state index contributed by atoms with van der Waals surface area (Å²) in [6.45, 7) is 8.12. The van der Waals surface area contributed by atoms with E-state index in [4.69, 9.17) is 18.9 Å². The van der Waals surface area contributed by atoms with Crippen LogP contribution in [0.4, 0.5) is 0 Å². The monoisotopic (exact) mass is 470 g/mol. The molecule has 2 aliphatic heterocycles. The van der Waals surface area contributed by atoms with Crippen LogP contribution in [0, 0.1) is 0 Å². The van der Waals surface area contributed by atoms with Gasteiger partial charge in [0.2, 0.25) is 0 Å². The number of benzene rings is 3. The summed E-state index contributed by atoms with van der Waals surface area (Å²) in [6, 6.07) is 20.7. The highest BCUT2D eigenvalue weighted by Gasteiger charge is 2.30. The van der Waals surface area contributed by atoms with Crippen LogP contribution in [0.15, 0.2) is 66.7 Å². The van der Waals surface area contributed by atoms with Crippen LogP contribution in [0.3, 0.4) is 0 Å². The summed E-state index contributed by atoms with van der Waals surface area (Å²) in [5.41, 5.74) is 4.23. The zero-order chi connectivity index (χ0) is 24.3. The minimum atomic E-state index is -0.301. The number of hydrogen-bond acceptors (Lipinski definition) is 4. The Balaban J connectivity index is 1.40. The molecule has 35 heavy (non-hydrogen) atoms. The van der Waals surface area contributed by atoms with Crippen LogP contribution >= 0.6 is 0 Å². The van der Waals surface area contributed by atoms with Gasteiger partial charge in [-0.2, -0.15) is 0 Å². The van der Waals surface area contributed by atoms with Crippen molar-refractivity contribution in [1.29, 1.82) is 0 Å². The van der Waals surface area contributed by atoms with Gasteiger partial charge >= 0.3 is 0 Å². The third-order valence-corrected chi connectivity index (χ3v) is 6.59. The van der Waals surface area contributed by atoms with Gasteiger partial charge in [0.25, 0.3) is 0 Å². The summed E-state index contributed by atoms with van der Waals surface area (Å²) < 4.78 is 24.9. The van der Waals surface area contributed by atoms with Gasteiger partial charge in [0, 0.05) is 17.5 Å². The van der Waals surface area contributed by atoms with Gasteiger partial charge in [-0.15, -0.1) is 0 Å². The Labute approximate surface area is 208 Å². The van der Waals surface area contributed by atoms with Crippen molar-refractivity contribution in [1.82, 2.24) is 0 Å². The van der Waals surface area contributed by atoms with E-state index in [0.29, 0.717) is 19.8 Å². The molecule has 3 aromatic carbocycles. The number of unbranched alkanes of at least 4 members (excludes halogenated alkanes) is 1. The predicted molar refractivity (Wildman–Crippen MR) is 140 cm³/mol. The molecule has 182 valence electrons. The van der Waals surface area contributed by atoms with Gasteiger partial charge in [0.15, 0.2) is 0 Å². The molecule has 4 nitrogen and oxygen atoms in total. The summed E-state index contributed by atoms with van der Waals surface area (Å²) in [4.78, 5) is 0. The zero-order valence-electron chi connectivity index (χ0n) is 20.9. The molecule has 0 bridgehead atoms. The molecule has 2 aliphatic rings. The van der Waals surface area contributed by atoms with Crippen LogP contribution in [-0.4, -0.2) is 18.8 Å². The average Bonchev–Trinajstić information content (AvgIpc) is 2.87. The second-order valence-corrected chi connectivity index (χ2v) is 9.89. The Bertz CT molecular complexity index is 1200. The number of fused-ring (bicyclic) bond motifs is 3. The summed E-state index contributed by atoms with van der Waals surface area (Å²) in [5, 5.41) is 0. The molecule has 4 heteroatoms. The van der Waals surface area contributed by atoms with Crippen LogP contribution in [0.5, 0.6) is 23.0 Å². The van der Waals surface area contributed by atoms with Crippen molar-refractivity contribution >= 4 is 6.08 Å². The van der Waals surface area contributed by atoms with Crippen LogP contribution in [-0.2, 0) is 13.0 Å². The van der Waals surface area contributed by atoms with Crippen LogP contribution in [0.1, 0.15) is 61.8 Å². The highest BCUT2D eigenvalue weighted by molar-refractivity contribution is 5.69. The molecule has 5 rings (SSSR count). The molecule has 0 amide bonds. The molecule has 0 N–H and O–H groups in total. The first kappa shape index (κ1) is 23.3. The lowest BCUT2D eigenvalue weighted by Crippen LogP contribution is -2.28. The molecule has 0 radical (unpaired) electrons. The smallest absolute Gasteiger partial charge is 0.133 e. The molecular formula is C31H34O4. The van der Waals surface area contributed by atoms with E-state index in [0.717, 1.165) is 59.0 Å². The van der Waals surface area contributed by atoms with E-state index in [-0.39, 0.29) is 11.5 Å². The van der Waals surface area contributed by atoms with Gasteiger partial charge in [0.1, 0.15) is 35.2 Å². The van der Waals surface area contributed by atoms with Gasteiger partial charge in [-0.05, 0) is 62.1 Å². The topological polar surface area (TPSA) is 36.9 Å². The van der Waals surface area contributed by atoms with Gasteiger partial charge < -0.3 is 18.9 Å². The van der Waals surface area contributed by atoms with Crippen LogP contribution in [0.2, 0.25) is 0 Å². The second kappa shape index (κ2) is 10.1. The Morgan fingerprint density at radius 3 is 2.69 bits per heavy atom. The van der Waals surface area contributed by atoms with Gasteiger partial charge in [-0.1, -0.05) is 55.8 Å². The summed E-state index contributed by atoms with van der Waals surface area (Å²) in [7, 11) is 0. The lowest BCUT2D eigenvalue weighted by molar-refractivity contribution is 0.157. The highest BCUT2D eigenvalue weighted by atomic mass is 16.5. The maximum atomic E-state index is 6.37. The normalized spacial score (nSPS) is 17.5. The van der Waals surface area contributed by atoms with E-state index in [9.17, 15) is 0 Å². The highest BCUT2D eigenvalue weighted by Crippen LogP contribution is 2.44. The molecule has 3 aromatic rings. The van der Waals surface area contributed by atoms with E-state index in [2.05, 4.69) is 69.3 Å². The zero-order valence-corrected chi connectivity index (χ0v) is 20.9. The third kappa shape index (κ3) is 5.32. The van der Waals surface area contributed by atoms with Crippen molar-refractivity contribution in [2.75, 3.05) is 13.2 Å². The summed E-state index contributed by atoms with van der Waals surface area (Å²) >= 11 is 0. The van der Waals surface area contributed by atoms with E-state index >= 15 is 0 Å². The Morgan fingerprint density at radius 1 is 1.00 bits per heavy atom. The first-order chi connectivity index (χ1) is 17.0. The fourth-order valence-corrected chi connectivity index (χ4v) is 4.65. The first-order valence-electron chi connectivity index (χ1n) is 12.6. The Morgan fingerprint density at radius 2 is 1.86 bits per heavy atom. The van der Waals surface area contributed by atoms with Crippen LogP contribution < -0.4 is 18.9 Å². The van der Waals surface area contributed by atoms with E-state index in [1.54, 1.807) is 0 Å². The first-order valence-corrected chi connectivity index (χ1v) is 12.6. The quantitative estimate of drug-likeness (QED) is 0.323. The molecule has 0 aromatic heterocycles. The molecule has 1 unspecified atom stereocenters. The number of ether oxygens (including phenoxy) is 4. The van der Waals surface area contributed by atoms with Gasteiger partial charge in [-0.3, -0.25) is 0 Å². The summed E-state index contributed by atoms with van der Waals surface area (Å²) in [6.07, 6.45) is 7.26. The fourth-order valence-electron chi connectivity index (χ4n) is 4.65. The molecule has 0 saturated carbocycles. The molecule has 0 saturated heterocycles. The number of hydrogen-bond donors (Lipinski definition) is 0. The maximum Gasteiger partial charge on any atom is 0.133 e. The second-order valence-electron chi connectivity index (χ2n) is 9.89. The molecule has 0 spiro atoms. The molecule has 0 aliphatic carbocycles.